The summed E-state index contributed by atoms with van der Waals surface area (Å²) >= 11 is 0. The van der Waals surface area contributed by atoms with Crippen molar-refractivity contribution in [2.45, 2.75) is 25.2 Å². The van der Waals surface area contributed by atoms with Gasteiger partial charge in [0.15, 0.2) is 5.78 Å². The smallest absolute Gasteiger partial charge is 0.158 e. The Hall–Kier alpha value is -1.62. The summed E-state index contributed by atoms with van der Waals surface area (Å²) in [5.41, 5.74) is 0.868. The highest BCUT2D eigenvalue weighted by molar-refractivity contribution is 5.93. The van der Waals surface area contributed by atoms with Crippen LogP contribution in [0.1, 0.15) is 30.7 Å². The fourth-order valence-electron chi connectivity index (χ4n) is 4.85. The molecule has 1 aromatic carbocycles. The molecule has 0 radical (unpaired) electrons. The fourth-order valence-corrected chi connectivity index (χ4v) is 4.85. The lowest BCUT2D eigenvalue weighted by Crippen LogP contribution is -2.17. The van der Waals surface area contributed by atoms with E-state index in [0.717, 1.165) is 17.4 Å². The van der Waals surface area contributed by atoms with E-state index in [4.69, 9.17) is 0 Å². The minimum Gasteiger partial charge on any atom is -0.298 e. The lowest BCUT2D eigenvalue weighted by molar-refractivity contribution is -0.121. The van der Waals surface area contributed by atoms with Crippen molar-refractivity contribution in [1.29, 1.82) is 5.26 Å². The fraction of sp³-hybridized carbons (Fsp3) is 0.529. The van der Waals surface area contributed by atoms with Crippen molar-refractivity contribution in [2.24, 2.45) is 29.6 Å². The van der Waals surface area contributed by atoms with E-state index in [1.165, 1.54) is 19.3 Å². The molecule has 0 spiro atoms. The molecule has 5 atom stereocenters. The number of Topliss-reactive ketones (excluding diaryl/α,β-unsaturated/α-hetero) is 1. The van der Waals surface area contributed by atoms with Gasteiger partial charge in [-0.25, -0.2) is 0 Å². The van der Waals surface area contributed by atoms with Crippen molar-refractivity contribution in [1.82, 2.24) is 0 Å². The lowest BCUT2D eigenvalue weighted by atomic mass is 9.89. The van der Waals surface area contributed by atoms with Crippen LogP contribution in [0.4, 0.5) is 0 Å². The minimum atomic E-state index is -0.545. The summed E-state index contributed by atoms with van der Waals surface area (Å²) in [6, 6.07) is 11.8. The third-order valence-electron chi connectivity index (χ3n) is 5.61. The van der Waals surface area contributed by atoms with Gasteiger partial charge in [0.2, 0.25) is 0 Å². The summed E-state index contributed by atoms with van der Waals surface area (Å²) < 4.78 is 0. The second kappa shape index (κ2) is 3.93. The molecule has 0 amide bonds. The Bertz CT molecular complexity index is 542. The molecule has 0 saturated heterocycles. The highest BCUT2D eigenvalue weighted by Gasteiger charge is 2.67. The van der Waals surface area contributed by atoms with Crippen LogP contribution in [-0.2, 0) is 4.79 Å². The Morgan fingerprint density at radius 3 is 2.37 bits per heavy atom. The SMILES string of the molecule is N#CC(C(=O)C1C2C3CCC(C3)C12)c1ccccc1. The third-order valence-corrected chi connectivity index (χ3v) is 5.61. The maximum atomic E-state index is 12.6. The zero-order valence-corrected chi connectivity index (χ0v) is 10.8. The van der Waals surface area contributed by atoms with Crippen LogP contribution in [-0.4, -0.2) is 5.78 Å². The number of nitrogens with zero attached hydrogens (tertiary/aromatic N) is 1. The Labute approximate surface area is 113 Å². The molecule has 4 rings (SSSR count). The van der Waals surface area contributed by atoms with Gasteiger partial charge in [-0.2, -0.15) is 5.26 Å². The molecule has 5 unspecified atom stereocenters. The van der Waals surface area contributed by atoms with E-state index in [-0.39, 0.29) is 11.7 Å². The Morgan fingerprint density at radius 2 is 1.79 bits per heavy atom. The normalized spacial score (nSPS) is 39.4. The van der Waals surface area contributed by atoms with Crippen molar-refractivity contribution < 1.29 is 4.79 Å². The molecule has 3 aliphatic carbocycles. The van der Waals surface area contributed by atoms with Gasteiger partial charge < -0.3 is 0 Å². The van der Waals surface area contributed by atoms with Crippen LogP contribution in [0, 0.1) is 40.9 Å². The van der Waals surface area contributed by atoms with Crippen LogP contribution in [0.5, 0.6) is 0 Å². The second-order valence-corrected chi connectivity index (χ2v) is 6.39. The third kappa shape index (κ3) is 1.51. The maximum absolute atomic E-state index is 12.6. The van der Waals surface area contributed by atoms with E-state index in [1.54, 1.807) is 0 Å². The largest absolute Gasteiger partial charge is 0.298 e. The first-order valence-electron chi connectivity index (χ1n) is 7.29. The number of hydrogen-bond acceptors (Lipinski definition) is 2. The van der Waals surface area contributed by atoms with E-state index in [9.17, 15) is 10.1 Å². The average Bonchev–Trinajstić information content (AvgIpc) is 2.89. The van der Waals surface area contributed by atoms with Crippen molar-refractivity contribution in [3.8, 4) is 6.07 Å². The van der Waals surface area contributed by atoms with Gasteiger partial charge in [-0.3, -0.25) is 4.79 Å². The molecule has 2 heteroatoms. The van der Waals surface area contributed by atoms with E-state index in [1.807, 2.05) is 30.3 Å². The molecule has 3 saturated carbocycles. The molecule has 1 aromatic rings. The van der Waals surface area contributed by atoms with Gasteiger partial charge in [-0.1, -0.05) is 30.3 Å². The summed E-state index contributed by atoms with van der Waals surface area (Å²) in [5, 5.41) is 9.37. The first-order chi connectivity index (χ1) is 9.31. The van der Waals surface area contributed by atoms with E-state index < -0.39 is 5.92 Å². The zero-order chi connectivity index (χ0) is 13.0. The van der Waals surface area contributed by atoms with Crippen molar-refractivity contribution in [3.63, 3.8) is 0 Å². The van der Waals surface area contributed by atoms with Crippen LogP contribution >= 0.6 is 0 Å². The maximum Gasteiger partial charge on any atom is 0.158 e. The highest BCUT2D eigenvalue weighted by atomic mass is 16.1. The quantitative estimate of drug-likeness (QED) is 0.828. The van der Waals surface area contributed by atoms with E-state index in [0.29, 0.717) is 11.8 Å². The van der Waals surface area contributed by atoms with E-state index in [2.05, 4.69) is 6.07 Å². The number of benzene rings is 1. The van der Waals surface area contributed by atoms with Gasteiger partial charge in [0.1, 0.15) is 5.92 Å². The molecule has 2 nitrogen and oxygen atoms in total. The van der Waals surface area contributed by atoms with Crippen LogP contribution in [0.25, 0.3) is 0 Å². The number of rotatable bonds is 3. The van der Waals surface area contributed by atoms with Gasteiger partial charge in [0.05, 0.1) is 6.07 Å². The van der Waals surface area contributed by atoms with Gasteiger partial charge in [-0.05, 0) is 48.5 Å². The molecule has 0 aliphatic heterocycles. The molecule has 3 aliphatic rings. The minimum absolute atomic E-state index is 0.195. The standard InChI is InChI=1S/C17H17NO/c18-9-13(10-4-2-1-3-5-10)17(19)16-14-11-6-7-12(8-11)15(14)16/h1-5,11-16H,6-8H2. The van der Waals surface area contributed by atoms with Crippen LogP contribution in [0.2, 0.25) is 0 Å². The summed E-state index contributed by atoms with van der Waals surface area (Å²) in [6.45, 7) is 0. The zero-order valence-electron chi connectivity index (χ0n) is 10.8. The number of carbonyl (C=O) groups excluding carboxylic acids is 1. The van der Waals surface area contributed by atoms with Gasteiger partial charge in [0.25, 0.3) is 0 Å². The number of nitriles is 1. The lowest BCUT2D eigenvalue weighted by Gasteiger charge is -2.12. The first kappa shape index (κ1) is 11.2. The molecule has 2 bridgehead atoms. The van der Waals surface area contributed by atoms with Gasteiger partial charge >= 0.3 is 0 Å². The topological polar surface area (TPSA) is 40.9 Å². The first-order valence-corrected chi connectivity index (χ1v) is 7.29. The van der Waals surface area contributed by atoms with Crippen molar-refractivity contribution >= 4 is 5.78 Å². The van der Waals surface area contributed by atoms with Crippen molar-refractivity contribution in [2.75, 3.05) is 0 Å². The molecule has 0 N–H and O–H groups in total. The molecule has 96 valence electrons. The van der Waals surface area contributed by atoms with Crippen molar-refractivity contribution in [3.05, 3.63) is 35.9 Å². The Kier molecular flexibility index (Phi) is 2.33. The summed E-state index contributed by atoms with van der Waals surface area (Å²) in [6.07, 6.45) is 3.98. The van der Waals surface area contributed by atoms with Gasteiger partial charge in [-0.15, -0.1) is 0 Å². The van der Waals surface area contributed by atoms with Crippen LogP contribution in [0.3, 0.4) is 0 Å². The second-order valence-electron chi connectivity index (χ2n) is 6.39. The average molecular weight is 251 g/mol. The summed E-state index contributed by atoms with van der Waals surface area (Å²) in [4.78, 5) is 12.6. The predicted octanol–water partition coefficient (Wildman–Crippen LogP) is 3.15. The molecular formula is C17H17NO. The summed E-state index contributed by atoms with van der Waals surface area (Å²) in [7, 11) is 0. The van der Waals surface area contributed by atoms with Crippen LogP contribution < -0.4 is 0 Å². The van der Waals surface area contributed by atoms with Crippen LogP contribution in [0.15, 0.2) is 30.3 Å². The predicted molar refractivity (Wildman–Crippen MR) is 71.1 cm³/mol. The molecule has 19 heavy (non-hydrogen) atoms. The number of hydrogen-bond donors (Lipinski definition) is 0. The van der Waals surface area contributed by atoms with Gasteiger partial charge in [0, 0.05) is 5.92 Å². The number of fused-ring (bicyclic) bond motifs is 5. The van der Waals surface area contributed by atoms with E-state index >= 15 is 0 Å². The summed E-state index contributed by atoms with van der Waals surface area (Å²) in [5.74, 6) is 2.70. The highest BCUT2D eigenvalue weighted by Crippen LogP contribution is 2.70. The molecular weight excluding hydrogens is 234 g/mol. The Morgan fingerprint density at radius 1 is 1.16 bits per heavy atom. The monoisotopic (exact) mass is 251 g/mol. The number of carbonyl (C=O) groups is 1. The number of ketones is 1. The molecule has 3 fully saturated rings. The molecule has 0 heterocycles. The Balaban J connectivity index is 1.57. The molecule has 0 aromatic heterocycles.